The van der Waals surface area contributed by atoms with E-state index in [2.05, 4.69) is 10.1 Å². The van der Waals surface area contributed by atoms with Crippen molar-refractivity contribution in [2.45, 2.75) is 44.4 Å². The van der Waals surface area contributed by atoms with Gasteiger partial charge in [0.15, 0.2) is 5.79 Å². The number of carbonyl (C=O) groups excluding carboxylic acids is 2. The first-order chi connectivity index (χ1) is 8.65. The van der Waals surface area contributed by atoms with Gasteiger partial charge in [0, 0.05) is 18.9 Å². The minimum atomic E-state index is -0.814. The van der Waals surface area contributed by atoms with Gasteiger partial charge in [0.25, 0.3) is 0 Å². The Morgan fingerprint density at radius 2 is 1.89 bits per heavy atom. The molecular weight excluding hydrogens is 238 g/mol. The highest BCUT2D eigenvalue weighted by atomic mass is 16.7. The van der Waals surface area contributed by atoms with E-state index in [-0.39, 0.29) is 12.6 Å². The molecule has 2 aliphatic rings. The zero-order chi connectivity index (χ0) is 13.0. The average molecular weight is 257 g/mol. The van der Waals surface area contributed by atoms with E-state index >= 15 is 0 Å². The monoisotopic (exact) mass is 257 g/mol. The van der Waals surface area contributed by atoms with Crippen molar-refractivity contribution >= 4 is 11.9 Å². The summed E-state index contributed by atoms with van der Waals surface area (Å²) in [7, 11) is 0. The molecule has 6 heteroatoms. The summed E-state index contributed by atoms with van der Waals surface area (Å²) in [4.78, 5) is 22.6. The molecule has 0 unspecified atom stereocenters. The highest BCUT2D eigenvalue weighted by Gasteiger charge is 2.40. The molecule has 6 nitrogen and oxygen atoms in total. The fourth-order valence-electron chi connectivity index (χ4n) is 2.43. The molecular formula is C12H19NO5. The lowest BCUT2D eigenvalue weighted by atomic mass is 9.90. The molecule has 0 aromatic heterocycles. The van der Waals surface area contributed by atoms with Crippen molar-refractivity contribution in [3.8, 4) is 0 Å². The second-order valence-electron chi connectivity index (χ2n) is 4.58. The van der Waals surface area contributed by atoms with E-state index in [4.69, 9.17) is 9.47 Å². The minimum absolute atomic E-state index is 0.000307. The van der Waals surface area contributed by atoms with Crippen molar-refractivity contribution in [2.24, 2.45) is 0 Å². The summed E-state index contributed by atoms with van der Waals surface area (Å²) in [6.07, 6.45) is 3.01. The van der Waals surface area contributed by atoms with E-state index in [1.165, 1.54) is 0 Å². The topological polar surface area (TPSA) is 73.9 Å². The number of carbonyl (C=O) groups is 2. The normalized spacial score (nSPS) is 22.9. The second kappa shape index (κ2) is 5.67. The summed E-state index contributed by atoms with van der Waals surface area (Å²) in [6, 6.07) is 0.000307. The summed E-state index contributed by atoms with van der Waals surface area (Å²) < 4.78 is 15.8. The van der Waals surface area contributed by atoms with Gasteiger partial charge in [0.2, 0.25) is 0 Å². The fourth-order valence-corrected chi connectivity index (χ4v) is 2.43. The highest BCUT2D eigenvalue weighted by molar-refractivity contribution is 6.32. The molecule has 0 radical (unpaired) electrons. The van der Waals surface area contributed by atoms with Crippen LogP contribution in [0.3, 0.4) is 0 Å². The molecule has 102 valence electrons. The summed E-state index contributed by atoms with van der Waals surface area (Å²) in [5.74, 6) is -1.91. The summed E-state index contributed by atoms with van der Waals surface area (Å²) in [5.41, 5.74) is 0. The van der Waals surface area contributed by atoms with Crippen LogP contribution >= 0.6 is 0 Å². The van der Waals surface area contributed by atoms with Gasteiger partial charge in [-0.2, -0.15) is 0 Å². The first-order valence-corrected chi connectivity index (χ1v) is 6.41. The molecule has 0 atom stereocenters. The van der Waals surface area contributed by atoms with Crippen LogP contribution in [0.25, 0.3) is 0 Å². The van der Waals surface area contributed by atoms with E-state index in [9.17, 15) is 9.59 Å². The SMILES string of the molecule is CCOC(=O)C(=O)NC1CCC2(CC1)OCCO2. The molecule has 1 aliphatic carbocycles. The molecule has 0 bridgehead atoms. The Hall–Kier alpha value is -1.14. The standard InChI is InChI=1S/C12H19NO5/c1-2-16-11(15)10(14)13-9-3-5-12(6-4-9)17-7-8-18-12/h9H,2-8H2,1H3,(H,13,14). The first-order valence-electron chi connectivity index (χ1n) is 6.41. The van der Waals surface area contributed by atoms with Crippen molar-refractivity contribution < 1.29 is 23.8 Å². The van der Waals surface area contributed by atoms with Gasteiger partial charge in [-0.3, -0.25) is 4.79 Å². The van der Waals surface area contributed by atoms with Crippen molar-refractivity contribution in [1.29, 1.82) is 0 Å². The molecule has 2 fully saturated rings. The fraction of sp³-hybridized carbons (Fsp3) is 0.833. The van der Waals surface area contributed by atoms with Gasteiger partial charge in [0.1, 0.15) is 0 Å². The smallest absolute Gasteiger partial charge is 0.396 e. The number of ether oxygens (including phenoxy) is 3. The van der Waals surface area contributed by atoms with Crippen LogP contribution in [0.1, 0.15) is 32.6 Å². The largest absolute Gasteiger partial charge is 0.459 e. The van der Waals surface area contributed by atoms with Gasteiger partial charge < -0.3 is 19.5 Å². The molecule has 0 aromatic rings. The third-order valence-corrected chi connectivity index (χ3v) is 3.36. The predicted octanol–water partition coefficient (Wildman–Crippen LogP) is 0.351. The quantitative estimate of drug-likeness (QED) is 0.571. The van der Waals surface area contributed by atoms with Gasteiger partial charge >= 0.3 is 11.9 Å². The molecule has 1 heterocycles. The minimum Gasteiger partial charge on any atom is -0.459 e. The lowest BCUT2D eigenvalue weighted by Crippen LogP contribution is -2.46. The maximum absolute atomic E-state index is 11.5. The highest BCUT2D eigenvalue weighted by Crippen LogP contribution is 2.35. The van der Waals surface area contributed by atoms with Crippen molar-refractivity contribution in [1.82, 2.24) is 5.32 Å². The Balaban J connectivity index is 1.76. The summed E-state index contributed by atoms with van der Waals surface area (Å²) in [6.45, 7) is 3.16. The van der Waals surface area contributed by atoms with E-state index in [0.29, 0.717) is 13.2 Å². The van der Waals surface area contributed by atoms with Crippen LogP contribution in [-0.4, -0.2) is 43.5 Å². The molecule has 1 spiro atoms. The number of amides is 1. The molecule has 18 heavy (non-hydrogen) atoms. The van der Waals surface area contributed by atoms with Crippen molar-refractivity contribution in [3.05, 3.63) is 0 Å². The van der Waals surface area contributed by atoms with Crippen LogP contribution in [0.5, 0.6) is 0 Å². The number of hydrogen-bond donors (Lipinski definition) is 1. The van der Waals surface area contributed by atoms with E-state index in [1.54, 1.807) is 6.92 Å². The van der Waals surface area contributed by atoms with E-state index in [1.807, 2.05) is 0 Å². The summed E-state index contributed by atoms with van der Waals surface area (Å²) >= 11 is 0. The third kappa shape index (κ3) is 3.00. The Kier molecular flexibility index (Phi) is 4.19. The van der Waals surface area contributed by atoms with E-state index < -0.39 is 17.7 Å². The maximum Gasteiger partial charge on any atom is 0.396 e. The Morgan fingerprint density at radius 1 is 1.28 bits per heavy atom. The average Bonchev–Trinajstić information content (AvgIpc) is 2.81. The number of hydrogen-bond acceptors (Lipinski definition) is 5. The van der Waals surface area contributed by atoms with Crippen LogP contribution < -0.4 is 5.32 Å². The number of nitrogens with one attached hydrogen (secondary N) is 1. The van der Waals surface area contributed by atoms with Crippen LogP contribution in [0.4, 0.5) is 0 Å². The van der Waals surface area contributed by atoms with Gasteiger partial charge in [-0.05, 0) is 19.8 Å². The van der Waals surface area contributed by atoms with E-state index in [0.717, 1.165) is 25.7 Å². The van der Waals surface area contributed by atoms with Crippen LogP contribution in [0, 0.1) is 0 Å². The van der Waals surface area contributed by atoms with Gasteiger partial charge in [0.05, 0.1) is 19.8 Å². The van der Waals surface area contributed by atoms with Crippen molar-refractivity contribution in [3.63, 3.8) is 0 Å². The van der Waals surface area contributed by atoms with Crippen LogP contribution in [0.15, 0.2) is 0 Å². The van der Waals surface area contributed by atoms with Crippen molar-refractivity contribution in [2.75, 3.05) is 19.8 Å². The first kappa shape index (κ1) is 13.3. The number of rotatable bonds is 2. The molecule has 1 saturated carbocycles. The predicted molar refractivity (Wildman–Crippen MR) is 61.7 cm³/mol. The summed E-state index contributed by atoms with van der Waals surface area (Å²) in [5, 5.41) is 2.69. The maximum atomic E-state index is 11.5. The Morgan fingerprint density at radius 3 is 2.44 bits per heavy atom. The van der Waals surface area contributed by atoms with Gasteiger partial charge in [-0.25, -0.2) is 4.79 Å². The molecule has 1 amide bonds. The molecule has 1 aliphatic heterocycles. The van der Waals surface area contributed by atoms with Gasteiger partial charge in [-0.1, -0.05) is 0 Å². The zero-order valence-corrected chi connectivity index (χ0v) is 10.6. The lowest BCUT2D eigenvalue weighted by molar-refractivity contribution is -0.180. The molecule has 1 saturated heterocycles. The zero-order valence-electron chi connectivity index (χ0n) is 10.6. The third-order valence-electron chi connectivity index (χ3n) is 3.36. The molecule has 1 N–H and O–H groups in total. The Labute approximate surface area is 106 Å². The van der Waals surface area contributed by atoms with Crippen LogP contribution in [0.2, 0.25) is 0 Å². The molecule has 2 rings (SSSR count). The molecule has 0 aromatic carbocycles. The Bertz CT molecular complexity index is 314. The number of esters is 1. The lowest BCUT2D eigenvalue weighted by Gasteiger charge is -2.35. The van der Waals surface area contributed by atoms with Gasteiger partial charge in [-0.15, -0.1) is 0 Å². The van der Waals surface area contributed by atoms with Crippen LogP contribution in [-0.2, 0) is 23.8 Å². The second-order valence-corrected chi connectivity index (χ2v) is 4.58.